The molecule has 136 valence electrons. The van der Waals surface area contributed by atoms with Gasteiger partial charge in [-0.05, 0) is 25.7 Å². The van der Waals surface area contributed by atoms with Crippen molar-refractivity contribution in [1.82, 2.24) is 10.2 Å². The van der Waals surface area contributed by atoms with Crippen molar-refractivity contribution in [2.45, 2.75) is 58.9 Å². The van der Waals surface area contributed by atoms with Gasteiger partial charge < -0.3 is 15.3 Å². The van der Waals surface area contributed by atoms with E-state index in [2.05, 4.69) is 5.32 Å². The number of rotatable bonds is 7. The predicted molar refractivity (Wildman–Crippen MR) is 92.4 cm³/mol. The molecular formula is C18H30N2O4. The van der Waals surface area contributed by atoms with Gasteiger partial charge in [-0.1, -0.05) is 39.2 Å². The van der Waals surface area contributed by atoms with E-state index in [9.17, 15) is 14.4 Å². The summed E-state index contributed by atoms with van der Waals surface area (Å²) in [6, 6.07) is -0.319. The number of nitrogens with one attached hydrogen (secondary N) is 1. The third kappa shape index (κ3) is 5.98. The van der Waals surface area contributed by atoms with Gasteiger partial charge in [-0.25, -0.2) is 4.79 Å². The average molecular weight is 338 g/mol. The number of amides is 2. The second-order valence-corrected chi connectivity index (χ2v) is 6.95. The van der Waals surface area contributed by atoms with E-state index in [1.54, 1.807) is 13.1 Å². The summed E-state index contributed by atoms with van der Waals surface area (Å²) in [5.74, 6) is -1.16. The molecule has 0 radical (unpaired) electrons. The number of carbonyl (C=O) groups excluding carboxylic acids is 2. The molecule has 1 fully saturated rings. The van der Waals surface area contributed by atoms with E-state index in [-0.39, 0.29) is 41.8 Å². The van der Waals surface area contributed by atoms with Crippen LogP contribution >= 0.6 is 0 Å². The molecule has 0 aliphatic heterocycles. The highest BCUT2D eigenvalue weighted by molar-refractivity contribution is 5.87. The van der Waals surface area contributed by atoms with Gasteiger partial charge in [0.2, 0.25) is 11.8 Å². The Kier molecular flexibility index (Phi) is 7.95. The standard InChI is InChI=1S/C18H30N2O4/c1-12(2)15(10-13(3)18(23)24)20(4)16(21)11-19-17(22)14-8-6-5-7-9-14/h10,12,14-15H,5-9,11H2,1-4H3,(H,19,22)(H,23,24)/t15-/m1/s1. The van der Waals surface area contributed by atoms with Crippen molar-refractivity contribution >= 4 is 17.8 Å². The molecule has 2 amide bonds. The zero-order valence-electron chi connectivity index (χ0n) is 15.2. The minimum absolute atomic E-state index is 0.0203. The molecule has 1 aliphatic rings. The highest BCUT2D eigenvalue weighted by Crippen LogP contribution is 2.23. The summed E-state index contributed by atoms with van der Waals surface area (Å²) in [5.41, 5.74) is 0.208. The minimum atomic E-state index is -0.993. The molecule has 1 rings (SSSR count). The van der Waals surface area contributed by atoms with Crippen molar-refractivity contribution in [1.29, 1.82) is 0 Å². The Morgan fingerprint density at radius 1 is 1.21 bits per heavy atom. The normalized spacial score (nSPS) is 17.5. The van der Waals surface area contributed by atoms with E-state index in [4.69, 9.17) is 5.11 Å². The first-order valence-corrected chi connectivity index (χ1v) is 8.69. The summed E-state index contributed by atoms with van der Waals surface area (Å²) in [5, 5.41) is 11.8. The molecule has 1 saturated carbocycles. The summed E-state index contributed by atoms with van der Waals surface area (Å²) in [7, 11) is 1.64. The fraction of sp³-hybridized carbons (Fsp3) is 0.722. The molecule has 2 N–H and O–H groups in total. The molecule has 1 atom stereocenters. The van der Waals surface area contributed by atoms with Crippen molar-refractivity contribution in [2.24, 2.45) is 11.8 Å². The highest BCUT2D eigenvalue weighted by atomic mass is 16.4. The molecule has 0 aromatic rings. The van der Waals surface area contributed by atoms with Gasteiger partial charge in [-0.3, -0.25) is 9.59 Å². The maximum Gasteiger partial charge on any atom is 0.331 e. The van der Waals surface area contributed by atoms with Crippen molar-refractivity contribution < 1.29 is 19.5 Å². The molecular weight excluding hydrogens is 308 g/mol. The lowest BCUT2D eigenvalue weighted by molar-refractivity contribution is -0.135. The number of carboxylic acids is 1. The molecule has 0 saturated heterocycles. The van der Waals surface area contributed by atoms with E-state index in [0.29, 0.717) is 0 Å². The summed E-state index contributed by atoms with van der Waals surface area (Å²) in [4.78, 5) is 37.0. The maximum atomic E-state index is 12.4. The van der Waals surface area contributed by atoms with Crippen LogP contribution in [0.25, 0.3) is 0 Å². The lowest BCUT2D eigenvalue weighted by Gasteiger charge is -2.30. The zero-order chi connectivity index (χ0) is 18.3. The first-order valence-electron chi connectivity index (χ1n) is 8.69. The Bertz CT molecular complexity index is 493. The van der Waals surface area contributed by atoms with Gasteiger partial charge in [0.1, 0.15) is 0 Å². The van der Waals surface area contributed by atoms with Gasteiger partial charge in [0.15, 0.2) is 0 Å². The Morgan fingerprint density at radius 3 is 2.29 bits per heavy atom. The second kappa shape index (κ2) is 9.45. The van der Waals surface area contributed by atoms with Crippen LogP contribution in [0.2, 0.25) is 0 Å². The molecule has 24 heavy (non-hydrogen) atoms. The maximum absolute atomic E-state index is 12.4. The average Bonchev–Trinajstić information content (AvgIpc) is 2.56. The molecule has 0 bridgehead atoms. The third-order valence-electron chi connectivity index (χ3n) is 4.67. The summed E-state index contributed by atoms with van der Waals surface area (Å²) in [6.45, 7) is 5.33. The van der Waals surface area contributed by atoms with Crippen LogP contribution in [-0.4, -0.2) is 47.4 Å². The number of hydrogen-bond acceptors (Lipinski definition) is 3. The molecule has 1 aliphatic carbocycles. The summed E-state index contributed by atoms with van der Waals surface area (Å²) in [6.07, 6.45) is 6.70. The zero-order valence-corrected chi connectivity index (χ0v) is 15.2. The van der Waals surface area contributed by atoms with E-state index in [1.165, 1.54) is 18.2 Å². The summed E-state index contributed by atoms with van der Waals surface area (Å²) >= 11 is 0. The number of carboxylic acid groups (broad SMARTS) is 1. The highest BCUT2D eigenvalue weighted by Gasteiger charge is 2.25. The van der Waals surface area contributed by atoms with Crippen LogP contribution in [0.5, 0.6) is 0 Å². The third-order valence-corrected chi connectivity index (χ3v) is 4.67. The van der Waals surface area contributed by atoms with Gasteiger partial charge in [0, 0.05) is 18.5 Å². The molecule has 0 heterocycles. The van der Waals surface area contributed by atoms with E-state index in [0.717, 1.165) is 25.7 Å². The minimum Gasteiger partial charge on any atom is -0.478 e. The number of hydrogen-bond donors (Lipinski definition) is 2. The largest absolute Gasteiger partial charge is 0.478 e. The SMILES string of the molecule is CC(=C[C@H](C(C)C)N(C)C(=O)CNC(=O)C1CCCCC1)C(=O)O. The van der Waals surface area contributed by atoms with Gasteiger partial charge in [0.05, 0.1) is 12.6 Å². The van der Waals surface area contributed by atoms with Crippen LogP contribution < -0.4 is 5.32 Å². The quantitative estimate of drug-likeness (QED) is 0.697. The van der Waals surface area contributed by atoms with Crippen molar-refractivity contribution in [3.63, 3.8) is 0 Å². The lowest BCUT2D eigenvalue weighted by atomic mass is 9.89. The topological polar surface area (TPSA) is 86.7 Å². The fourth-order valence-electron chi connectivity index (χ4n) is 3.04. The van der Waals surface area contributed by atoms with E-state index < -0.39 is 5.97 Å². The van der Waals surface area contributed by atoms with E-state index >= 15 is 0 Å². The molecule has 0 aromatic carbocycles. The van der Waals surface area contributed by atoms with Crippen molar-refractivity contribution in [3.05, 3.63) is 11.6 Å². The van der Waals surface area contributed by atoms with Crippen LogP contribution in [-0.2, 0) is 14.4 Å². The number of likely N-dealkylation sites (N-methyl/N-ethyl adjacent to an activating group) is 1. The molecule has 0 aromatic heterocycles. The van der Waals surface area contributed by atoms with Crippen molar-refractivity contribution in [3.8, 4) is 0 Å². The smallest absolute Gasteiger partial charge is 0.331 e. The predicted octanol–water partition coefficient (Wildman–Crippen LogP) is 2.20. The van der Waals surface area contributed by atoms with E-state index in [1.807, 2.05) is 13.8 Å². The number of carbonyl (C=O) groups is 3. The van der Waals surface area contributed by atoms with Crippen LogP contribution in [0.1, 0.15) is 52.9 Å². The van der Waals surface area contributed by atoms with Gasteiger partial charge in [-0.15, -0.1) is 0 Å². The number of aliphatic carboxylic acids is 1. The van der Waals surface area contributed by atoms with Crippen molar-refractivity contribution in [2.75, 3.05) is 13.6 Å². The molecule has 6 nitrogen and oxygen atoms in total. The van der Waals surface area contributed by atoms with Crippen LogP contribution in [0.4, 0.5) is 0 Å². The number of nitrogens with zero attached hydrogens (tertiary/aromatic N) is 1. The van der Waals surface area contributed by atoms with Gasteiger partial charge in [-0.2, -0.15) is 0 Å². The Balaban J connectivity index is 2.61. The Hall–Kier alpha value is -1.85. The lowest BCUT2D eigenvalue weighted by Crippen LogP contribution is -2.46. The van der Waals surface area contributed by atoms with Gasteiger partial charge in [0.25, 0.3) is 0 Å². The fourth-order valence-corrected chi connectivity index (χ4v) is 3.04. The van der Waals surface area contributed by atoms with Crippen LogP contribution in [0.3, 0.4) is 0 Å². The summed E-state index contributed by atoms with van der Waals surface area (Å²) < 4.78 is 0. The first kappa shape index (κ1) is 20.2. The van der Waals surface area contributed by atoms with Crippen LogP contribution in [0.15, 0.2) is 11.6 Å². The first-order chi connectivity index (χ1) is 11.2. The Morgan fingerprint density at radius 2 is 1.79 bits per heavy atom. The monoisotopic (exact) mass is 338 g/mol. The molecule has 6 heteroatoms. The molecule has 0 unspecified atom stereocenters. The van der Waals surface area contributed by atoms with Gasteiger partial charge >= 0.3 is 5.97 Å². The molecule has 0 spiro atoms. The Labute approximate surface area is 144 Å². The van der Waals surface area contributed by atoms with Crippen LogP contribution in [0, 0.1) is 11.8 Å². The second-order valence-electron chi connectivity index (χ2n) is 6.95.